The lowest BCUT2D eigenvalue weighted by Gasteiger charge is -2.10. The molecule has 3 aromatic rings. The molecule has 23 heavy (non-hydrogen) atoms. The number of hydrogen-bond acceptors (Lipinski definition) is 3. The van der Waals surface area contributed by atoms with Crippen LogP contribution in [0.4, 0.5) is 0 Å². The highest BCUT2D eigenvalue weighted by atomic mass is 16.5. The van der Waals surface area contributed by atoms with Gasteiger partial charge in [0.1, 0.15) is 12.4 Å². The van der Waals surface area contributed by atoms with Gasteiger partial charge in [-0.05, 0) is 38.1 Å². The van der Waals surface area contributed by atoms with Crippen LogP contribution in [0.5, 0.6) is 17.2 Å². The van der Waals surface area contributed by atoms with Crippen LogP contribution in [0.25, 0.3) is 10.9 Å². The number of hydrogen-bond donors (Lipinski definition) is 1. The zero-order valence-electron chi connectivity index (χ0n) is 13.6. The minimum absolute atomic E-state index is 0.273. The third-order valence-corrected chi connectivity index (χ3v) is 3.91. The predicted octanol–water partition coefficient (Wildman–Crippen LogP) is 4.52. The van der Waals surface area contributed by atoms with Crippen molar-refractivity contribution in [3.63, 3.8) is 0 Å². The zero-order valence-corrected chi connectivity index (χ0v) is 13.6. The van der Waals surface area contributed by atoms with Crippen LogP contribution in [0, 0.1) is 0 Å². The number of ether oxygens (including phenoxy) is 2. The van der Waals surface area contributed by atoms with Crippen LogP contribution in [-0.2, 0) is 6.61 Å². The summed E-state index contributed by atoms with van der Waals surface area (Å²) in [7, 11) is 1.63. The molecule has 2 aromatic carbocycles. The maximum atomic E-state index is 9.76. The van der Waals surface area contributed by atoms with Crippen molar-refractivity contribution in [3.05, 3.63) is 54.2 Å². The van der Waals surface area contributed by atoms with Crippen molar-refractivity contribution < 1.29 is 14.6 Å². The molecular weight excluding hydrogens is 290 g/mol. The quantitative estimate of drug-likeness (QED) is 0.753. The number of rotatable bonds is 5. The monoisotopic (exact) mass is 311 g/mol. The first-order chi connectivity index (χ1) is 11.1. The van der Waals surface area contributed by atoms with Crippen LogP contribution in [-0.4, -0.2) is 16.8 Å². The van der Waals surface area contributed by atoms with E-state index in [1.165, 1.54) is 0 Å². The van der Waals surface area contributed by atoms with Gasteiger partial charge in [0.25, 0.3) is 0 Å². The Hall–Kier alpha value is -2.62. The second-order valence-corrected chi connectivity index (χ2v) is 5.80. The number of phenolic OH excluding ortho intramolecular Hbond substituents is 1. The van der Waals surface area contributed by atoms with E-state index in [-0.39, 0.29) is 5.75 Å². The van der Waals surface area contributed by atoms with Crippen molar-refractivity contribution in [1.82, 2.24) is 4.57 Å². The van der Waals surface area contributed by atoms with Crippen LogP contribution in [0.3, 0.4) is 0 Å². The smallest absolute Gasteiger partial charge is 0.161 e. The number of phenols is 1. The summed E-state index contributed by atoms with van der Waals surface area (Å²) in [6, 6.07) is 13.4. The number of aromatic nitrogens is 1. The Bertz CT molecular complexity index is 821. The van der Waals surface area contributed by atoms with E-state index in [2.05, 4.69) is 24.6 Å². The van der Waals surface area contributed by atoms with Crippen molar-refractivity contribution in [2.24, 2.45) is 0 Å². The van der Waals surface area contributed by atoms with Crippen LogP contribution in [0.1, 0.15) is 25.5 Å². The number of nitrogens with zero attached hydrogens (tertiary/aromatic N) is 1. The fraction of sp³-hybridized carbons (Fsp3) is 0.263. The first-order valence-corrected chi connectivity index (χ1v) is 7.68. The van der Waals surface area contributed by atoms with E-state index in [0.29, 0.717) is 12.6 Å². The van der Waals surface area contributed by atoms with E-state index in [9.17, 15) is 5.11 Å². The Balaban J connectivity index is 1.94. The van der Waals surface area contributed by atoms with Crippen molar-refractivity contribution in [2.45, 2.75) is 26.5 Å². The molecule has 0 radical (unpaired) electrons. The average Bonchev–Trinajstić information content (AvgIpc) is 2.91. The van der Waals surface area contributed by atoms with Gasteiger partial charge >= 0.3 is 0 Å². The Morgan fingerprint density at radius 1 is 1.09 bits per heavy atom. The topological polar surface area (TPSA) is 43.6 Å². The molecule has 4 heteroatoms. The van der Waals surface area contributed by atoms with Gasteiger partial charge in [-0.1, -0.05) is 12.1 Å². The van der Waals surface area contributed by atoms with Gasteiger partial charge in [0, 0.05) is 29.3 Å². The van der Waals surface area contributed by atoms with Gasteiger partial charge in [-0.2, -0.15) is 0 Å². The van der Waals surface area contributed by atoms with Crippen LogP contribution in [0.2, 0.25) is 0 Å². The molecule has 0 amide bonds. The van der Waals surface area contributed by atoms with E-state index in [0.717, 1.165) is 28.0 Å². The largest absolute Gasteiger partial charge is 0.508 e. The number of para-hydroxylation sites is 2. The summed E-state index contributed by atoms with van der Waals surface area (Å²) < 4.78 is 13.4. The van der Waals surface area contributed by atoms with E-state index >= 15 is 0 Å². The highest BCUT2D eigenvalue weighted by Crippen LogP contribution is 2.31. The molecule has 1 heterocycles. The summed E-state index contributed by atoms with van der Waals surface area (Å²) in [5, 5.41) is 10.9. The second kappa shape index (κ2) is 6.24. The molecule has 0 saturated carbocycles. The van der Waals surface area contributed by atoms with Gasteiger partial charge < -0.3 is 19.1 Å². The molecule has 0 aliphatic rings. The maximum absolute atomic E-state index is 9.76. The highest BCUT2D eigenvalue weighted by molar-refractivity contribution is 5.85. The van der Waals surface area contributed by atoms with Crippen LogP contribution in [0.15, 0.2) is 48.7 Å². The minimum atomic E-state index is 0.273. The first kappa shape index (κ1) is 15.3. The lowest BCUT2D eigenvalue weighted by Crippen LogP contribution is -1.99. The van der Waals surface area contributed by atoms with Crippen molar-refractivity contribution >= 4 is 10.9 Å². The normalized spacial score (nSPS) is 11.1. The van der Waals surface area contributed by atoms with E-state index in [1.807, 2.05) is 30.3 Å². The standard InChI is InChI=1S/C19H21NO3/c1-13(2)20-11-14(16-9-8-15(21)10-17(16)20)12-23-19-7-5-4-6-18(19)22-3/h4-11,13,21H,12H2,1-3H3. The van der Waals surface area contributed by atoms with Gasteiger partial charge in [0.2, 0.25) is 0 Å². The third-order valence-electron chi connectivity index (χ3n) is 3.91. The molecule has 0 bridgehead atoms. The molecule has 0 atom stereocenters. The van der Waals surface area contributed by atoms with Crippen molar-refractivity contribution in [2.75, 3.05) is 7.11 Å². The summed E-state index contributed by atoms with van der Waals surface area (Å²) in [4.78, 5) is 0. The molecule has 120 valence electrons. The van der Waals surface area contributed by atoms with Gasteiger partial charge in [0.05, 0.1) is 12.6 Å². The lowest BCUT2D eigenvalue weighted by atomic mass is 10.2. The second-order valence-electron chi connectivity index (χ2n) is 5.80. The number of benzene rings is 2. The molecule has 0 fully saturated rings. The van der Waals surface area contributed by atoms with Gasteiger partial charge in [-0.15, -0.1) is 0 Å². The van der Waals surface area contributed by atoms with E-state index < -0.39 is 0 Å². The molecule has 1 aromatic heterocycles. The number of methoxy groups -OCH3 is 1. The molecule has 0 aliphatic carbocycles. The molecular formula is C19H21NO3. The van der Waals surface area contributed by atoms with Crippen LogP contribution < -0.4 is 9.47 Å². The van der Waals surface area contributed by atoms with Gasteiger partial charge in [-0.25, -0.2) is 0 Å². The Morgan fingerprint density at radius 3 is 2.52 bits per heavy atom. The molecule has 0 saturated heterocycles. The van der Waals surface area contributed by atoms with Crippen molar-refractivity contribution in [1.29, 1.82) is 0 Å². The fourth-order valence-electron chi connectivity index (χ4n) is 2.75. The minimum Gasteiger partial charge on any atom is -0.508 e. The fourth-order valence-corrected chi connectivity index (χ4v) is 2.75. The SMILES string of the molecule is COc1ccccc1OCc1cn(C(C)C)c2cc(O)ccc12. The van der Waals surface area contributed by atoms with Crippen LogP contribution >= 0.6 is 0 Å². The predicted molar refractivity (Wildman–Crippen MR) is 91.3 cm³/mol. The summed E-state index contributed by atoms with van der Waals surface area (Å²) in [6.07, 6.45) is 2.09. The lowest BCUT2D eigenvalue weighted by molar-refractivity contribution is 0.285. The summed E-state index contributed by atoms with van der Waals surface area (Å²) >= 11 is 0. The highest BCUT2D eigenvalue weighted by Gasteiger charge is 2.12. The summed E-state index contributed by atoms with van der Waals surface area (Å²) in [5.74, 6) is 1.71. The van der Waals surface area contributed by atoms with Gasteiger partial charge in [-0.3, -0.25) is 0 Å². The molecule has 3 rings (SSSR count). The summed E-state index contributed by atoms with van der Waals surface area (Å²) in [5.41, 5.74) is 2.10. The Kier molecular flexibility index (Phi) is 4.15. The maximum Gasteiger partial charge on any atom is 0.161 e. The molecule has 1 N–H and O–H groups in total. The van der Waals surface area contributed by atoms with E-state index in [4.69, 9.17) is 9.47 Å². The number of aromatic hydroxyl groups is 1. The van der Waals surface area contributed by atoms with Gasteiger partial charge in [0.15, 0.2) is 11.5 Å². The number of fused-ring (bicyclic) bond motifs is 1. The van der Waals surface area contributed by atoms with Crippen molar-refractivity contribution in [3.8, 4) is 17.2 Å². The molecule has 0 aliphatic heterocycles. The molecule has 0 spiro atoms. The first-order valence-electron chi connectivity index (χ1n) is 7.68. The summed E-state index contributed by atoms with van der Waals surface area (Å²) in [6.45, 7) is 4.68. The average molecular weight is 311 g/mol. The molecule has 0 unspecified atom stereocenters. The van der Waals surface area contributed by atoms with E-state index in [1.54, 1.807) is 19.2 Å². The third kappa shape index (κ3) is 2.97. The Morgan fingerprint density at radius 2 is 1.83 bits per heavy atom. The Labute approximate surface area is 135 Å². The molecule has 4 nitrogen and oxygen atoms in total. The zero-order chi connectivity index (χ0) is 16.4.